The van der Waals surface area contributed by atoms with Crippen molar-refractivity contribution < 1.29 is 4.74 Å². The number of aliphatic imine (C=N–C) groups is 1. The van der Waals surface area contributed by atoms with E-state index in [4.69, 9.17) is 10.5 Å². The zero-order chi connectivity index (χ0) is 14.5. The number of nitrogens with zero attached hydrogens (tertiary/aromatic N) is 3. The lowest BCUT2D eigenvalue weighted by atomic mass is 10.2. The zero-order valence-corrected chi connectivity index (χ0v) is 16.0. The number of guanidine groups is 1. The molecule has 2 saturated heterocycles. The SMILES string of the molecule is I.NC(=NCC(c1cccs1)N1CCCC1)N1CCOCC1. The van der Waals surface area contributed by atoms with Crippen LogP contribution < -0.4 is 5.73 Å². The quantitative estimate of drug-likeness (QED) is 0.447. The first kappa shape index (κ1) is 18.0. The van der Waals surface area contributed by atoms with Crippen LogP contribution in [0.25, 0.3) is 0 Å². The molecular weight excluding hydrogens is 411 g/mol. The summed E-state index contributed by atoms with van der Waals surface area (Å²) in [6.07, 6.45) is 2.59. The molecule has 2 aliphatic rings. The van der Waals surface area contributed by atoms with Gasteiger partial charge in [-0.05, 0) is 37.4 Å². The minimum absolute atomic E-state index is 0. The highest BCUT2D eigenvalue weighted by molar-refractivity contribution is 14.0. The molecule has 0 amide bonds. The Morgan fingerprint density at radius 2 is 2.00 bits per heavy atom. The summed E-state index contributed by atoms with van der Waals surface area (Å²) in [6.45, 7) is 6.30. The van der Waals surface area contributed by atoms with Crippen molar-refractivity contribution in [2.24, 2.45) is 10.7 Å². The molecule has 1 unspecified atom stereocenters. The number of nitrogens with two attached hydrogens (primary N) is 1. The van der Waals surface area contributed by atoms with Crippen LogP contribution in [0.3, 0.4) is 0 Å². The number of hydrogen-bond donors (Lipinski definition) is 1. The lowest BCUT2D eigenvalue weighted by Gasteiger charge is -2.29. The first-order valence-corrected chi connectivity index (χ1v) is 8.62. The Kier molecular flexibility index (Phi) is 7.39. The molecule has 1 aromatic rings. The summed E-state index contributed by atoms with van der Waals surface area (Å²) in [5, 5.41) is 2.15. The van der Waals surface area contributed by atoms with Gasteiger partial charge in [0.1, 0.15) is 0 Å². The predicted octanol–water partition coefficient (Wildman–Crippen LogP) is 2.15. The fraction of sp³-hybridized carbons (Fsp3) is 0.667. The van der Waals surface area contributed by atoms with E-state index in [1.165, 1.54) is 30.8 Å². The van der Waals surface area contributed by atoms with Crippen LogP contribution in [-0.4, -0.2) is 61.7 Å². The molecule has 124 valence electrons. The van der Waals surface area contributed by atoms with Gasteiger partial charge >= 0.3 is 0 Å². The van der Waals surface area contributed by atoms with Gasteiger partial charge in [-0.25, -0.2) is 0 Å². The maximum atomic E-state index is 6.15. The highest BCUT2D eigenvalue weighted by Crippen LogP contribution is 2.28. The van der Waals surface area contributed by atoms with Crippen LogP contribution in [-0.2, 0) is 4.74 Å². The Hall–Kier alpha value is -0.380. The maximum Gasteiger partial charge on any atom is 0.191 e. The molecule has 0 aromatic carbocycles. The monoisotopic (exact) mass is 436 g/mol. The Labute approximate surface area is 153 Å². The van der Waals surface area contributed by atoms with Gasteiger partial charge in [0.15, 0.2) is 5.96 Å². The van der Waals surface area contributed by atoms with E-state index in [0.29, 0.717) is 12.0 Å². The van der Waals surface area contributed by atoms with Crippen molar-refractivity contribution in [3.05, 3.63) is 22.4 Å². The Bertz CT molecular complexity index is 456. The fourth-order valence-electron chi connectivity index (χ4n) is 2.99. The predicted molar refractivity (Wildman–Crippen MR) is 102 cm³/mol. The molecule has 2 N–H and O–H groups in total. The third-order valence-corrected chi connectivity index (χ3v) is 5.19. The summed E-state index contributed by atoms with van der Waals surface area (Å²) in [7, 11) is 0. The minimum Gasteiger partial charge on any atom is -0.378 e. The van der Waals surface area contributed by atoms with Gasteiger partial charge in [-0.2, -0.15) is 0 Å². The van der Waals surface area contributed by atoms with Crippen molar-refractivity contribution in [2.45, 2.75) is 18.9 Å². The molecule has 7 heteroatoms. The Morgan fingerprint density at radius 1 is 1.27 bits per heavy atom. The van der Waals surface area contributed by atoms with E-state index in [0.717, 1.165) is 32.8 Å². The van der Waals surface area contributed by atoms with Crippen LogP contribution in [0.1, 0.15) is 23.8 Å². The lowest BCUT2D eigenvalue weighted by Crippen LogP contribution is -2.45. The van der Waals surface area contributed by atoms with Gasteiger partial charge in [0.2, 0.25) is 0 Å². The second kappa shape index (κ2) is 9.05. The molecule has 2 fully saturated rings. The van der Waals surface area contributed by atoms with Crippen molar-refractivity contribution in [1.82, 2.24) is 9.80 Å². The van der Waals surface area contributed by atoms with Gasteiger partial charge in [-0.3, -0.25) is 9.89 Å². The average molecular weight is 436 g/mol. The fourth-order valence-corrected chi connectivity index (χ4v) is 3.84. The maximum absolute atomic E-state index is 6.15. The van der Waals surface area contributed by atoms with Crippen molar-refractivity contribution in [2.75, 3.05) is 45.9 Å². The molecule has 3 heterocycles. The van der Waals surface area contributed by atoms with Crippen molar-refractivity contribution >= 4 is 41.3 Å². The molecule has 1 aromatic heterocycles. The third-order valence-electron chi connectivity index (χ3n) is 4.21. The molecule has 0 spiro atoms. The average Bonchev–Trinajstić information content (AvgIpc) is 3.22. The molecular formula is C15H25IN4OS. The lowest BCUT2D eigenvalue weighted by molar-refractivity contribution is 0.0673. The van der Waals surface area contributed by atoms with Crippen molar-refractivity contribution in [3.63, 3.8) is 0 Å². The minimum atomic E-state index is 0. The highest BCUT2D eigenvalue weighted by atomic mass is 127. The van der Waals surface area contributed by atoms with Crippen LogP contribution in [0.2, 0.25) is 0 Å². The number of morpholine rings is 1. The van der Waals surface area contributed by atoms with E-state index in [-0.39, 0.29) is 24.0 Å². The molecule has 0 radical (unpaired) electrons. The number of rotatable bonds is 4. The van der Waals surface area contributed by atoms with Gasteiger partial charge in [0.05, 0.1) is 25.8 Å². The first-order chi connectivity index (χ1) is 10.3. The number of hydrogen-bond acceptors (Lipinski definition) is 4. The Balaban J connectivity index is 0.00000176. The molecule has 3 rings (SSSR count). The van der Waals surface area contributed by atoms with E-state index >= 15 is 0 Å². The third kappa shape index (κ3) is 4.56. The van der Waals surface area contributed by atoms with Gasteiger partial charge in [0.25, 0.3) is 0 Å². The van der Waals surface area contributed by atoms with Crippen LogP contribution in [0.15, 0.2) is 22.5 Å². The van der Waals surface area contributed by atoms with Crippen molar-refractivity contribution in [3.8, 4) is 0 Å². The van der Waals surface area contributed by atoms with Gasteiger partial charge in [-0.15, -0.1) is 35.3 Å². The van der Waals surface area contributed by atoms with E-state index in [1.807, 2.05) is 11.3 Å². The van der Waals surface area contributed by atoms with Crippen LogP contribution in [0.5, 0.6) is 0 Å². The smallest absolute Gasteiger partial charge is 0.191 e. The molecule has 22 heavy (non-hydrogen) atoms. The standard InChI is InChI=1S/C15H24N4OS.HI/c16-15(19-7-9-20-10-8-19)17-12-13(14-4-3-11-21-14)18-5-1-2-6-18;/h3-4,11,13H,1-2,5-10,12H2,(H2,16,17);1H. The highest BCUT2D eigenvalue weighted by Gasteiger charge is 2.24. The number of ether oxygens (including phenoxy) is 1. The summed E-state index contributed by atoms with van der Waals surface area (Å²) >= 11 is 1.82. The van der Waals surface area contributed by atoms with Gasteiger partial charge in [0, 0.05) is 18.0 Å². The topological polar surface area (TPSA) is 54.1 Å². The molecule has 2 aliphatic heterocycles. The molecule has 5 nitrogen and oxygen atoms in total. The Morgan fingerprint density at radius 3 is 2.64 bits per heavy atom. The summed E-state index contributed by atoms with van der Waals surface area (Å²) in [5.74, 6) is 0.666. The van der Waals surface area contributed by atoms with E-state index in [9.17, 15) is 0 Å². The molecule has 1 atom stereocenters. The second-order valence-corrected chi connectivity index (χ2v) is 6.55. The van der Waals surface area contributed by atoms with E-state index in [1.54, 1.807) is 0 Å². The molecule has 0 bridgehead atoms. The first-order valence-electron chi connectivity index (χ1n) is 7.74. The summed E-state index contributed by atoms with van der Waals surface area (Å²) in [5.41, 5.74) is 6.15. The van der Waals surface area contributed by atoms with E-state index in [2.05, 4.69) is 32.3 Å². The van der Waals surface area contributed by atoms with Crippen LogP contribution in [0, 0.1) is 0 Å². The number of likely N-dealkylation sites (tertiary alicyclic amines) is 1. The second-order valence-electron chi connectivity index (χ2n) is 5.57. The van der Waals surface area contributed by atoms with Gasteiger partial charge < -0.3 is 15.4 Å². The van der Waals surface area contributed by atoms with Crippen molar-refractivity contribution in [1.29, 1.82) is 0 Å². The molecule has 0 aliphatic carbocycles. The normalized spacial score (nSPS) is 21.6. The van der Waals surface area contributed by atoms with E-state index < -0.39 is 0 Å². The van der Waals surface area contributed by atoms with Crippen LogP contribution >= 0.6 is 35.3 Å². The molecule has 0 saturated carbocycles. The van der Waals surface area contributed by atoms with Crippen LogP contribution in [0.4, 0.5) is 0 Å². The number of thiophene rings is 1. The largest absolute Gasteiger partial charge is 0.378 e. The summed E-state index contributed by atoms with van der Waals surface area (Å²) in [6, 6.07) is 4.72. The summed E-state index contributed by atoms with van der Waals surface area (Å²) in [4.78, 5) is 10.7. The zero-order valence-electron chi connectivity index (χ0n) is 12.8. The summed E-state index contributed by atoms with van der Waals surface area (Å²) < 4.78 is 5.36. The van der Waals surface area contributed by atoms with Gasteiger partial charge in [-0.1, -0.05) is 6.07 Å². The number of halogens is 1.